The van der Waals surface area contributed by atoms with Gasteiger partial charge in [0.25, 0.3) is 0 Å². The molecule has 0 aliphatic rings. The van der Waals surface area contributed by atoms with Crippen LogP contribution in [0, 0.1) is 12.7 Å². The Balaban J connectivity index is 1.64. The number of furan rings is 1. The first-order valence-corrected chi connectivity index (χ1v) is 10.9. The van der Waals surface area contributed by atoms with E-state index in [4.69, 9.17) is 9.15 Å². The molecular formula is C22H23FN6O2S. The van der Waals surface area contributed by atoms with Gasteiger partial charge in [-0.15, -0.1) is 10.2 Å². The van der Waals surface area contributed by atoms with E-state index in [2.05, 4.69) is 24.9 Å². The molecule has 0 spiro atoms. The monoisotopic (exact) mass is 454 g/mol. The van der Waals surface area contributed by atoms with Crippen molar-refractivity contribution in [3.8, 4) is 23.0 Å². The van der Waals surface area contributed by atoms with Crippen molar-refractivity contribution in [2.45, 2.75) is 31.9 Å². The molecule has 0 aliphatic carbocycles. The third-order valence-electron chi connectivity index (χ3n) is 5.04. The van der Waals surface area contributed by atoms with Gasteiger partial charge in [-0.1, -0.05) is 26.0 Å². The number of benzene rings is 1. The molecule has 4 aromatic rings. The van der Waals surface area contributed by atoms with Gasteiger partial charge in [-0.3, -0.25) is 9.29 Å². The van der Waals surface area contributed by atoms with E-state index in [1.54, 1.807) is 7.11 Å². The zero-order valence-electron chi connectivity index (χ0n) is 18.1. The van der Waals surface area contributed by atoms with Crippen molar-refractivity contribution in [1.82, 2.24) is 24.7 Å². The van der Waals surface area contributed by atoms with Gasteiger partial charge < -0.3 is 9.15 Å². The fourth-order valence-corrected chi connectivity index (χ4v) is 3.87. The SMILES string of the molecule is COc1ccccc1-n1c(NSC(C)C(C)c2ncc(F)cn2)nnc1-c1ccc(C)o1. The van der Waals surface area contributed by atoms with Crippen LogP contribution >= 0.6 is 11.9 Å². The highest BCUT2D eigenvalue weighted by molar-refractivity contribution is 8.01. The summed E-state index contributed by atoms with van der Waals surface area (Å²) in [4.78, 5) is 8.20. The molecule has 1 aromatic carbocycles. The van der Waals surface area contributed by atoms with Crippen LogP contribution in [0.2, 0.25) is 0 Å². The minimum Gasteiger partial charge on any atom is -0.495 e. The van der Waals surface area contributed by atoms with Gasteiger partial charge in [0.15, 0.2) is 11.6 Å². The topological polar surface area (TPSA) is 90.9 Å². The first-order chi connectivity index (χ1) is 15.5. The van der Waals surface area contributed by atoms with Crippen LogP contribution in [0.3, 0.4) is 0 Å². The lowest BCUT2D eigenvalue weighted by molar-refractivity contribution is 0.413. The Labute approximate surface area is 189 Å². The van der Waals surface area contributed by atoms with Crippen molar-refractivity contribution in [3.63, 3.8) is 0 Å². The number of para-hydroxylation sites is 2. The van der Waals surface area contributed by atoms with E-state index < -0.39 is 5.82 Å². The number of methoxy groups -OCH3 is 1. The molecular weight excluding hydrogens is 431 g/mol. The largest absolute Gasteiger partial charge is 0.495 e. The fraction of sp³-hybridized carbons (Fsp3) is 0.273. The van der Waals surface area contributed by atoms with E-state index in [9.17, 15) is 4.39 Å². The quantitative estimate of drug-likeness (QED) is 0.371. The van der Waals surface area contributed by atoms with Gasteiger partial charge in [-0.25, -0.2) is 14.4 Å². The molecule has 0 fully saturated rings. The molecule has 0 amide bonds. The number of aromatic nitrogens is 5. The van der Waals surface area contributed by atoms with Crippen LogP contribution in [-0.4, -0.2) is 37.1 Å². The Kier molecular flexibility index (Phi) is 6.40. The van der Waals surface area contributed by atoms with E-state index in [0.717, 1.165) is 11.4 Å². The molecule has 2 atom stereocenters. The van der Waals surface area contributed by atoms with Crippen LogP contribution in [0.5, 0.6) is 5.75 Å². The number of nitrogens with one attached hydrogen (secondary N) is 1. The standard InChI is InChI=1S/C22H23FN6O2S/c1-13-9-10-19(31-13)21-26-27-22(29(21)17-7-5-6-8-18(17)30-4)28-32-15(3)14(2)20-24-11-16(23)12-25-20/h5-12,14-15H,1-4H3,(H,27,28). The molecule has 0 aliphatic heterocycles. The van der Waals surface area contributed by atoms with Crippen molar-refractivity contribution in [3.05, 3.63) is 66.2 Å². The summed E-state index contributed by atoms with van der Waals surface area (Å²) in [5.74, 6) is 3.21. The number of rotatable bonds is 8. The summed E-state index contributed by atoms with van der Waals surface area (Å²) in [6, 6.07) is 11.4. The van der Waals surface area contributed by atoms with E-state index >= 15 is 0 Å². The summed E-state index contributed by atoms with van der Waals surface area (Å²) in [5.41, 5.74) is 0.773. The van der Waals surface area contributed by atoms with Crippen LogP contribution in [0.4, 0.5) is 10.3 Å². The van der Waals surface area contributed by atoms with Crippen molar-refractivity contribution in [2.24, 2.45) is 0 Å². The fourth-order valence-electron chi connectivity index (χ4n) is 3.12. The maximum absolute atomic E-state index is 13.2. The van der Waals surface area contributed by atoms with Gasteiger partial charge in [0.1, 0.15) is 17.3 Å². The smallest absolute Gasteiger partial charge is 0.239 e. The van der Waals surface area contributed by atoms with Gasteiger partial charge in [-0.2, -0.15) is 0 Å². The molecule has 8 nitrogen and oxygen atoms in total. The van der Waals surface area contributed by atoms with E-state index in [0.29, 0.717) is 29.1 Å². The molecule has 0 radical (unpaired) electrons. The van der Waals surface area contributed by atoms with Crippen LogP contribution in [-0.2, 0) is 0 Å². The summed E-state index contributed by atoms with van der Waals surface area (Å²) in [7, 11) is 1.62. The molecule has 0 saturated carbocycles. The lowest BCUT2D eigenvalue weighted by Gasteiger charge is -2.19. The number of halogens is 1. The minimum absolute atomic E-state index is 0.0251. The number of aryl methyl sites for hydroxylation is 1. The molecule has 1 N–H and O–H groups in total. The lowest BCUT2D eigenvalue weighted by Crippen LogP contribution is -2.15. The molecule has 0 saturated heterocycles. The normalized spacial score (nSPS) is 13.0. The van der Waals surface area contributed by atoms with Crippen molar-refractivity contribution in [2.75, 3.05) is 11.8 Å². The highest BCUT2D eigenvalue weighted by atomic mass is 32.2. The number of ether oxygens (including phenoxy) is 1. The van der Waals surface area contributed by atoms with Crippen molar-refractivity contribution in [1.29, 1.82) is 0 Å². The number of nitrogens with zero attached hydrogens (tertiary/aromatic N) is 5. The average Bonchev–Trinajstić information content (AvgIpc) is 3.43. The number of hydrogen-bond acceptors (Lipinski definition) is 8. The van der Waals surface area contributed by atoms with Crippen molar-refractivity contribution >= 4 is 17.9 Å². The Hall–Kier alpha value is -3.40. The summed E-state index contributed by atoms with van der Waals surface area (Å²) in [6.45, 7) is 5.91. The molecule has 4 rings (SSSR count). The maximum atomic E-state index is 13.2. The Morgan fingerprint density at radius 3 is 2.53 bits per heavy atom. The number of anilines is 1. The van der Waals surface area contributed by atoms with Crippen LogP contribution in [0.1, 0.15) is 31.4 Å². The van der Waals surface area contributed by atoms with Crippen LogP contribution < -0.4 is 9.46 Å². The molecule has 2 unspecified atom stereocenters. The first-order valence-electron chi connectivity index (χ1n) is 10.0. The third kappa shape index (κ3) is 4.45. The molecule has 0 bridgehead atoms. The third-order valence-corrected chi connectivity index (χ3v) is 6.12. The summed E-state index contributed by atoms with van der Waals surface area (Å²) >= 11 is 1.45. The molecule has 166 valence electrons. The zero-order valence-corrected chi connectivity index (χ0v) is 18.9. The molecule has 10 heteroatoms. The lowest BCUT2D eigenvalue weighted by atomic mass is 10.1. The number of hydrogen-bond donors (Lipinski definition) is 1. The molecule has 3 heterocycles. The summed E-state index contributed by atoms with van der Waals surface area (Å²) in [6.07, 6.45) is 2.36. The van der Waals surface area contributed by atoms with Crippen LogP contribution in [0.15, 0.2) is 53.2 Å². The van der Waals surface area contributed by atoms with E-state index in [1.807, 2.05) is 61.7 Å². The Bertz CT molecular complexity index is 1190. The Morgan fingerprint density at radius 2 is 1.84 bits per heavy atom. The second-order valence-electron chi connectivity index (χ2n) is 7.24. The van der Waals surface area contributed by atoms with Gasteiger partial charge in [0.05, 0.1) is 25.2 Å². The second kappa shape index (κ2) is 9.39. The van der Waals surface area contributed by atoms with Gasteiger partial charge in [-0.05, 0) is 43.1 Å². The summed E-state index contributed by atoms with van der Waals surface area (Å²) < 4.78 is 29.7. The Morgan fingerprint density at radius 1 is 1.09 bits per heavy atom. The maximum Gasteiger partial charge on any atom is 0.239 e. The van der Waals surface area contributed by atoms with E-state index in [1.165, 1.54) is 24.3 Å². The molecule has 32 heavy (non-hydrogen) atoms. The van der Waals surface area contributed by atoms with Gasteiger partial charge >= 0.3 is 0 Å². The first kappa shape index (κ1) is 21.8. The predicted octanol–water partition coefficient (Wildman–Crippen LogP) is 5.03. The minimum atomic E-state index is -0.454. The molecule has 3 aromatic heterocycles. The van der Waals surface area contributed by atoms with Crippen molar-refractivity contribution < 1.29 is 13.5 Å². The average molecular weight is 455 g/mol. The summed E-state index contributed by atoms with van der Waals surface area (Å²) in [5, 5.41) is 8.77. The van der Waals surface area contributed by atoms with E-state index in [-0.39, 0.29) is 11.2 Å². The van der Waals surface area contributed by atoms with Gasteiger partial charge in [0.2, 0.25) is 11.8 Å². The highest BCUT2D eigenvalue weighted by Crippen LogP contribution is 2.34. The predicted molar refractivity (Wildman–Crippen MR) is 121 cm³/mol. The zero-order chi connectivity index (χ0) is 22.7. The highest BCUT2D eigenvalue weighted by Gasteiger charge is 2.23. The second-order valence-corrected chi connectivity index (χ2v) is 8.42. The van der Waals surface area contributed by atoms with Crippen LogP contribution in [0.25, 0.3) is 17.3 Å². The van der Waals surface area contributed by atoms with Gasteiger partial charge in [0, 0.05) is 11.2 Å².